The Morgan fingerprint density at radius 3 is 1.81 bits per heavy atom. The maximum atomic E-state index is 11.9. The maximum absolute atomic E-state index is 11.9. The van der Waals surface area contributed by atoms with Crippen LogP contribution in [-0.2, 0) is 17.6 Å². The van der Waals surface area contributed by atoms with Crippen molar-refractivity contribution in [3.05, 3.63) is 71.8 Å². The van der Waals surface area contributed by atoms with Crippen LogP contribution in [0.15, 0.2) is 65.7 Å². The summed E-state index contributed by atoms with van der Waals surface area (Å²) in [6.07, 6.45) is 1.74. The summed E-state index contributed by atoms with van der Waals surface area (Å²) in [7, 11) is 1.70. The van der Waals surface area contributed by atoms with E-state index in [2.05, 4.69) is 45.2 Å². The van der Waals surface area contributed by atoms with Crippen molar-refractivity contribution >= 4 is 35.8 Å². The molecule has 26 heavy (non-hydrogen) atoms. The molecule has 0 radical (unpaired) electrons. The lowest BCUT2D eigenvalue weighted by molar-refractivity contribution is -0.119. The Bertz CT molecular complexity index is 662. The zero-order valence-corrected chi connectivity index (χ0v) is 17.4. The monoisotopic (exact) mass is 466 g/mol. The van der Waals surface area contributed by atoms with E-state index >= 15 is 0 Å². The van der Waals surface area contributed by atoms with Gasteiger partial charge in [0.05, 0.1) is 6.54 Å². The number of hydrogen-bond acceptors (Lipinski definition) is 2. The van der Waals surface area contributed by atoms with E-state index in [-0.39, 0.29) is 36.4 Å². The van der Waals surface area contributed by atoms with Crippen molar-refractivity contribution in [2.45, 2.75) is 12.8 Å². The number of rotatable bonds is 8. The van der Waals surface area contributed by atoms with Crippen LogP contribution in [0.3, 0.4) is 0 Å². The molecule has 3 N–H and O–H groups in total. The average Bonchev–Trinajstić information content (AvgIpc) is 2.66. The summed E-state index contributed by atoms with van der Waals surface area (Å²) in [5.41, 5.74) is 2.48. The van der Waals surface area contributed by atoms with Crippen molar-refractivity contribution in [1.82, 2.24) is 16.0 Å². The molecule has 2 rings (SSSR count). The van der Waals surface area contributed by atoms with Gasteiger partial charge in [-0.2, -0.15) is 0 Å². The highest BCUT2D eigenvalue weighted by Gasteiger charge is 2.03. The standard InChI is InChI=1S/C20H26N4O.HI/c1-21-20(23-15-13-18-10-6-3-7-11-18)24-16-19(25)22-14-12-17-8-4-2-5-9-17;/h2-11H,12-16H2,1H3,(H,22,25)(H2,21,23,24);1H. The summed E-state index contributed by atoms with van der Waals surface area (Å²) in [5.74, 6) is 0.594. The Morgan fingerprint density at radius 2 is 1.31 bits per heavy atom. The van der Waals surface area contributed by atoms with E-state index < -0.39 is 0 Å². The topological polar surface area (TPSA) is 65.5 Å². The van der Waals surface area contributed by atoms with Gasteiger partial charge in [0.25, 0.3) is 0 Å². The van der Waals surface area contributed by atoms with E-state index in [0.29, 0.717) is 12.5 Å². The summed E-state index contributed by atoms with van der Waals surface area (Å²) in [5, 5.41) is 9.15. The minimum Gasteiger partial charge on any atom is -0.356 e. The third-order valence-corrected chi connectivity index (χ3v) is 3.77. The summed E-state index contributed by atoms with van der Waals surface area (Å²) >= 11 is 0. The predicted molar refractivity (Wildman–Crippen MR) is 118 cm³/mol. The molecule has 0 aromatic heterocycles. The fourth-order valence-electron chi connectivity index (χ4n) is 2.41. The van der Waals surface area contributed by atoms with Gasteiger partial charge in [-0.1, -0.05) is 60.7 Å². The Balaban J connectivity index is 0.00000338. The first-order chi connectivity index (χ1) is 12.3. The second kappa shape index (κ2) is 13.2. The second-order valence-corrected chi connectivity index (χ2v) is 5.67. The van der Waals surface area contributed by atoms with Crippen molar-refractivity contribution in [1.29, 1.82) is 0 Å². The fourth-order valence-corrected chi connectivity index (χ4v) is 2.41. The highest BCUT2D eigenvalue weighted by atomic mass is 127. The van der Waals surface area contributed by atoms with Gasteiger partial charge in [-0.15, -0.1) is 24.0 Å². The SMILES string of the molecule is CN=C(NCCc1ccccc1)NCC(=O)NCCc1ccccc1.I. The van der Waals surface area contributed by atoms with Gasteiger partial charge in [-0.25, -0.2) is 0 Å². The van der Waals surface area contributed by atoms with E-state index in [0.717, 1.165) is 19.4 Å². The van der Waals surface area contributed by atoms with Crippen LogP contribution < -0.4 is 16.0 Å². The number of aliphatic imine (C=N–C) groups is 1. The first-order valence-corrected chi connectivity index (χ1v) is 8.57. The molecule has 0 fully saturated rings. The molecule has 0 saturated carbocycles. The van der Waals surface area contributed by atoms with Gasteiger partial charge >= 0.3 is 0 Å². The lowest BCUT2D eigenvalue weighted by Crippen LogP contribution is -2.44. The molecular weight excluding hydrogens is 439 g/mol. The Morgan fingerprint density at radius 1 is 0.808 bits per heavy atom. The Hall–Kier alpha value is -2.09. The van der Waals surface area contributed by atoms with Crippen molar-refractivity contribution in [3.63, 3.8) is 0 Å². The number of guanidine groups is 1. The molecule has 5 nitrogen and oxygen atoms in total. The number of nitrogens with one attached hydrogen (secondary N) is 3. The third kappa shape index (κ3) is 8.84. The van der Waals surface area contributed by atoms with Crippen molar-refractivity contribution < 1.29 is 4.79 Å². The van der Waals surface area contributed by atoms with Crippen molar-refractivity contribution in [2.24, 2.45) is 4.99 Å². The third-order valence-electron chi connectivity index (χ3n) is 3.77. The van der Waals surface area contributed by atoms with E-state index in [4.69, 9.17) is 0 Å². The average molecular weight is 466 g/mol. The Labute approximate surface area is 172 Å². The number of halogens is 1. The highest BCUT2D eigenvalue weighted by molar-refractivity contribution is 14.0. The lowest BCUT2D eigenvalue weighted by Gasteiger charge is -2.12. The smallest absolute Gasteiger partial charge is 0.239 e. The fraction of sp³-hybridized carbons (Fsp3) is 0.300. The Kier molecular flexibility index (Phi) is 11.1. The minimum atomic E-state index is -0.0399. The molecule has 1 amide bonds. The van der Waals surface area contributed by atoms with E-state index in [1.165, 1.54) is 11.1 Å². The van der Waals surface area contributed by atoms with Gasteiger partial charge in [-0.3, -0.25) is 9.79 Å². The van der Waals surface area contributed by atoms with Gasteiger partial charge in [0.2, 0.25) is 5.91 Å². The van der Waals surface area contributed by atoms with E-state index in [1.54, 1.807) is 7.05 Å². The van der Waals surface area contributed by atoms with Crippen LogP contribution in [0.25, 0.3) is 0 Å². The van der Waals surface area contributed by atoms with Crippen LogP contribution in [-0.4, -0.2) is 38.5 Å². The lowest BCUT2D eigenvalue weighted by atomic mass is 10.1. The molecule has 0 heterocycles. The largest absolute Gasteiger partial charge is 0.356 e. The zero-order valence-electron chi connectivity index (χ0n) is 15.1. The van der Waals surface area contributed by atoms with Gasteiger partial charge in [0.15, 0.2) is 5.96 Å². The second-order valence-electron chi connectivity index (χ2n) is 5.67. The molecule has 0 spiro atoms. The number of amides is 1. The minimum absolute atomic E-state index is 0. The quantitative estimate of drug-likeness (QED) is 0.318. The summed E-state index contributed by atoms with van der Waals surface area (Å²) < 4.78 is 0. The molecule has 140 valence electrons. The van der Waals surface area contributed by atoms with E-state index in [9.17, 15) is 4.79 Å². The van der Waals surface area contributed by atoms with E-state index in [1.807, 2.05) is 36.4 Å². The predicted octanol–water partition coefficient (Wildman–Crippen LogP) is 2.37. The summed E-state index contributed by atoms with van der Waals surface area (Å²) in [6.45, 7) is 1.60. The molecule has 0 aliphatic heterocycles. The van der Waals surface area contributed by atoms with Crippen LogP contribution in [0.4, 0.5) is 0 Å². The molecule has 2 aromatic carbocycles. The molecule has 0 unspecified atom stereocenters. The molecule has 0 bridgehead atoms. The van der Waals surface area contributed by atoms with Gasteiger partial charge in [0.1, 0.15) is 0 Å². The van der Waals surface area contributed by atoms with Crippen LogP contribution in [0.5, 0.6) is 0 Å². The van der Waals surface area contributed by atoms with Crippen LogP contribution in [0, 0.1) is 0 Å². The number of benzene rings is 2. The molecule has 2 aromatic rings. The van der Waals surface area contributed by atoms with Crippen LogP contribution >= 0.6 is 24.0 Å². The van der Waals surface area contributed by atoms with Crippen LogP contribution in [0.1, 0.15) is 11.1 Å². The number of hydrogen-bond donors (Lipinski definition) is 3. The van der Waals surface area contributed by atoms with Crippen molar-refractivity contribution in [2.75, 3.05) is 26.7 Å². The normalized spacial score (nSPS) is 10.6. The molecular formula is C20H27IN4O. The zero-order chi connectivity index (χ0) is 17.7. The first-order valence-electron chi connectivity index (χ1n) is 8.57. The molecule has 0 aliphatic carbocycles. The summed E-state index contributed by atoms with van der Waals surface area (Å²) in [6, 6.07) is 20.4. The van der Waals surface area contributed by atoms with Crippen molar-refractivity contribution in [3.8, 4) is 0 Å². The maximum Gasteiger partial charge on any atom is 0.239 e. The van der Waals surface area contributed by atoms with Gasteiger partial charge < -0.3 is 16.0 Å². The molecule has 0 atom stereocenters. The highest BCUT2D eigenvalue weighted by Crippen LogP contribution is 1.98. The molecule has 0 saturated heterocycles. The first kappa shape index (κ1) is 22.0. The summed E-state index contributed by atoms with van der Waals surface area (Å²) in [4.78, 5) is 16.0. The molecule has 6 heteroatoms. The van der Waals surface area contributed by atoms with Gasteiger partial charge in [-0.05, 0) is 24.0 Å². The van der Waals surface area contributed by atoms with Crippen LogP contribution in [0.2, 0.25) is 0 Å². The number of nitrogens with zero attached hydrogens (tertiary/aromatic N) is 1. The van der Waals surface area contributed by atoms with Gasteiger partial charge in [0, 0.05) is 20.1 Å². The number of carbonyl (C=O) groups is 1. The molecule has 0 aliphatic rings. The number of carbonyl (C=O) groups excluding carboxylic acids is 1.